The maximum absolute atomic E-state index is 12.0. The van der Waals surface area contributed by atoms with Crippen LogP contribution in [0.15, 0.2) is 24.3 Å². The lowest BCUT2D eigenvalue weighted by Gasteiger charge is -2.11. The van der Waals surface area contributed by atoms with Crippen LogP contribution in [0, 0.1) is 0 Å². The van der Waals surface area contributed by atoms with Crippen molar-refractivity contribution in [1.82, 2.24) is 5.32 Å². The van der Waals surface area contributed by atoms with Crippen molar-refractivity contribution in [1.29, 1.82) is 0 Å². The van der Waals surface area contributed by atoms with E-state index in [2.05, 4.69) is 5.32 Å². The predicted octanol–water partition coefficient (Wildman–Crippen LogP) is 1.80. The van der Waals surface area contributed by atoms with Crippen molar-refractivity contribution in [2.45, 2.75) is 26.0 Å². The van der Waals surface area contributed by atoms with E-state index in [1.165, 1.54) is 0 Å². The molecule has 17 heavy (non-hydrogen) atoms. The van der Waals surface area contributed by atoms with Gasteiger partial charge >= 0.3 is 0 Å². The molecule has 0 aliphatic heterocycles. The Balaban J connectivity index is 2.38. The summed E-state index contributed by atoms with van der Waals surface area (Å²) < 4.78 is 29.3. The fraction of sp³-hybridized carbons (Fsp3) is 0.500. The summed E-state index contributed by atoms with van der Waals surface area (Å²) in [7, 11) is 0. The number of rotatable bonds is 7. The standard InChI is InChI=1S/C12H17F2NO2/c1-2-17-10-5-3-4-9(6-10)7-15-8-11(16)12(13)14/h3-6,11-12,15-16H,2,7-8H2,1H3. The van der Waals surface area contributed by atoms with Crippen molar-refractivity contribution < 1.29 is 18.6 Å². The SMILES string of the molecule is CCOc1cccc(CNCC(O)C(F)F)c1. The summed E-state index contributed by atoms with van der Waals surface area (Å²) in [5.74, 6) is 0.751. The first-order valence-electron chi connectivity index (χ1n) is 5.52. The molecule has 1 atom stereocenters. The molecular weight excluding hydrogens is 228 g/mol. The normalized spacial score (nSPS) is 12.8. The van der Waals surface area contributed by atoms with E-state index in [1.807, 2.05) is 31.2 Å². The van der Waals surface area contributed by atoms with E-state index in [0.717, 1.165) is 11.3 Å². The van der Waals surface area contributed by atoms with E-state index in [9.17, 15) is 8.78 Å². The number of nitrogens with one attached hydrogen (secondary N) is 1. The van der Waals surface area contributed by atoms with Gasteiger partial charge in [-0.2, -0.15) is 0 Å². The maximum Gasteiger partial charge on any atom is 0.265 e. The highest BCUT2D eigenvalue weighted by molar-refractivity contribution is 5.28. The Labute approximate surface area is 99.4 Å². The van der Waals surface area contributed by atoms with Gasteiger partial charge in [-0.3, -0.25) is 0 Å². The molecule has 0 saturated carbocycles. The van der Waals surface area contributed by atoms with Crippen molar-refractivity contribution >= 4 is 0 Å². The molecule has 0 aliphatic rings. The smallest absolute Gasteiger partial charge is 0.265 e. The van der Waals surface area contributed by atoms with Crippen LogP contribution in [0.4, 0.5) is 8.78 Å². The lowest BCUT2D eigenvalue weighted by Crippen LogP contribution is -2.31. The first-order chi connectivity index (χ1) is 8.13. The second kappa shape index (κ2) is 7.19. The predicted molar refractivity (Wildman–Crippen MR) is 61.3 cm³/mol. The Bertz CT molecular complexity index is 334. The van der Waals surface area contributed by atoms with Crippen molar-refractivity contribution in [3.63, 3.8) is 0 Å². The van der Waals surface area contributed by atoms with Gasteiger partial charge in [0, 0.05) is 13.1 Å². The van der Waals surface area contributed by atoms with Crippen molar-refractivity contribution in [3.05, 3.63) is 29.8 Å². The van der Waals surface area contributed by atoms with Crippen molar-refractivity contribution in [2.24, 2.45) is 0 Å². The van der Waals surface area contributed by atoms with Gasteiger partial charge in [-0.15, -0.1) is 0 Å². The molecule has 5 heteroatoms. The van der Waals surface area contributed by atoms with Crippen molar-refractivity contribution in [2.75, 3.05) is 13.2 Å². The van der Waals surface area contributed by atoms with Gasteiger partial charge < -0.3 is 15.2 Å². The van der Waals surface area contributed by atoms with Crippen LogP contribution in [0.1, 0.15) is 12.5 Å². The molecule has 1 aromatic rings. The fourth-order valence-corrected chi connectivity index (χ4v) is 1.37. The zero-order valence-corrected chi connectivity index (χ0v) is 9.70. The molecule has 1 unspecified atom stereocenters. The maximum atomic E-state index is 12.0. The molecule has 1 aromatic carbocycles. The van der Waals surface area contributed by atoms with Gasteiger partial charge in [-0.05, 0) is 24.6 Å². The van der Waals surface area contributed by atoms with Gasteiger partial charge in [0.25, 0.3) is 6.43 Å². The molecule has 1 rings (SSSR count). The molecule has 0 bridgehead atoms. The van der Waals surface area contributed by atoms with Crippen LogP contribution in [-0.2, 0) is 6.54 Å². The summed E-state index contributed by atoms with van der Waals surface area (Å²) in [5, 5.41) is 11.7. The highest BCUT2D eigenvalue weighted by atomic mass is 19.3. The Kier molecular flexibility index (Phi) is 5.86. The summed E-state index contributed by atoms with van der Waals surface area (Å²) in [6.07, 6.45) is -4.33. The van der Waals surface area contributed by atoms with Crippen LogP contribution in [0.25, 0.3) is 0 Å². The van der Waals surface area contributed by atoms with E-state index in [4.69, 9.17) is 9.84 Å². The van der Waals surface area contributed by atoms with Gasteiger partial charge in [0.1, 0.15) is 11.9 Å². The number of benzene rings is 1. The molecular formula is C12H17F2NO2. The largest absolute Gasteiger partial charge is 0.494 e. The van der Waals surface area contributed by atoms with Gasteiger partial charge in [0.15, 0.2) is 0 Å². The number of hydrogen-bond acceptors (Lipinski definition) is 3. The molecule has 0 amide bonds. The highest BCUT2D eigenvalue weighted by Gasteiger charge is 2.15. The zero-order chi connectivity index (χ0) is 12.7. The van der Waals surface area contributed by atoms with E-state index >= 15 is 0 Å². The van der Waals surface area contributed by atoms with E-state index < -0.39 is 12.5 Å². The Morgan fingerprint density at radius 3 is 2.82 bits per heavy atom. The minimum atomic E-state index is -2.71. The van der Waals surface area contributed by atoms with Crippen LogP contribution in [-0.4, -0.2) is 30.8 Å². The number of halogens is 2. The van der Waals surface area contributed by atoms with Gasteiger partial charge in [-0.25, -0.2) is 8.78 Å². The third-order valence-electron chi connectivity index (χ3n) is 2.18. The second-order valence-electron chi connectivity index (χ2n) is 3.61. The highest BCUT2D eigenvalue weighted by Crippen LogP contribution is 2.13. The third-order valence-corrected chi connectivity index (χ3v) is 2.18. The monoisotopic (exact) mass is 245 g/mol. The molecule has 0 aromatic heterocycles. The Hall–Kier alpha value is -1.20. The molecule has 0 radical (unpaired) electrons. The Morgan fingerprint density at radius 2 is 2.18 bits per heavy atom. The summed E-state index contributed by atoms with van der Waals surface area (Å²) in [5.41, 5.74) is 0.928. The molecule has 0 spiro atoms. The van der Waals surface area contributed by atoms with Crippen LogP contribution >= 0.6 is 0 Å². The van der Waals surface area contributed by atoms with E-state index in [-0.39, 0.29) is 6.54 Å². The molecule has 2 N–H and O–H groups in total. The van der Waals surface area contributed by atoms with Gasteiger partial charge in [0.05, 0.1) is 6.61 Å². The lowest BCUT2D eigenvalue weighted by atomic mass is 10.2. The number of aliphatic hydroxyl groups excluding tert-OH is 1. The topological polar surface area (TPSA) is 41.5 Å². The number of hydrogen-bond donors (Lipinski definition) is 2. The molecule has 0 fully saturated rings. The second-order valence-corrected chi connectivity index (χ2v) is 3.61. The van der Waals surface area contributed by atoms with E-state index in [1.54, 1.807) is 0 Å². The third kappa shape index (κ3) is 5.10. The average Bonchev–Trinajstić information content (AvgIpc) is 2.29. The van der Waals surface area contributed by atoms with Crippen LogP contribution in [0.5, 0.6) is 5.75 Å². The van der Waals surface area contributed by atoms with Gasteiger partial charge in [0.2, 0.25) is 0 Å². The number of ether oxygens (including phenoxy) is 1. The van der Waals surface area contributed by atoms with Crippen molar-refractivity contribution in [3.8, 4) is 5.75 Å². The van der Waals surface area contributed by atoms with Crippen LogP contribution in [0.3, 0.4) is 0 Å². The summed E-state index contributed by atoms with van der Waals surface area (Å²) in [6.45, 7) is 2.77. The fourth-order valence-electron chi connectivity index (χ4n) is 1.37. The van der Waals surface area contributed by atoms with E-state index in [0.29, 0.717) is 13.2 Å². The Morgan fingerprint density at radius 1 is 1.41 bits per heavy atom. The average molecular weight is 245 g/mol. The molecule has 0 saturated heterocycles. The minimum absolute atomic E-state index is 0.128. The number of aliphatic hydroxyl groups is 1. The minimum Gasteiger partial charge on any atom is -0.494 e. The molecule has 3 nitrogen and oxygen atoms in total. The summed E-state index contributed by atoms with van der Waals surface area (Å²) in [4.78, 5) is 0. The van der Waals surface area contributed by atoms with Crippen LogP contribution in [0.2, 0.25) is 0 Å². The van der Waals surface area contributed by atoms with Gasteiger partial charge in [-0.1, -0.05) is 12.1 Å². The zero-order valence-electron chi connectivity index (χ0n) is 9.70. The number of alkyl halides is 2. The van der Waals surface area contributed by atoms with Crippen LogP contribution < -0.4 is 10.1 Å². The first kappa shape index (κ1) is 13.9. The lowest BCUT2D eigenvalue weighted by molar-refractivity contribution is -0.00340. The molecule has 96 valence electrons. The first-order valence-corrected chi connectivity index (χ1v) is 5.52. The quantitative estimate of drug-likeness (QED) is 0.769. The molecule has 0 heterocycles. The molecule has 0 aliphatic carbocycles. The summed E-state index contributed by atoms with van der Waals surface area (Å²) >= 11 is 0. The summed E-state index contributed by atoms with van der Waals surface area (Å²) in [6, 6.07) is 7.38.